The third-order valence-corrected chi connectivity index (χ3v) is 6.28. The van der Waals surface area contributed by atoms with Crippen molar-refractivity contribution < 1.29 is 28.6 Å². The summed E-state index contributed by atoms with van der Waals surface area (Å²) in [5.41, 5.74) is 0.572. The first-order chi connectivity index (χ1) is 16.3. The Balaban J connectivity index is 1.70. The first-order valence-corrected chi connectivity index (χ1v) is 11.0. The number of hydrogen-bond acceptors (Lipinski definition) is 6. The van der Waals surface area contributed by atoms with Crippen molar-refractivity contribution in [3.05, 3.63) is 85.0 Å². The Morgan fingerprint density at radius 3 is 2.56 bits per heavy atom. The van der Waals surface area contributed by atoms with Crippen molar-refractivity contribution in [1.82, 2.24) is 4.57 Å². The van der Waals surface area contributed by atoms with Gasteiger partial charge in [-0.1, -0.05) is 36.9 Å². The van der Waals surface area contributed by atoms with Gasteiger partial charge >= 0.3 is 11.9 Å². The van der Waals surface area contributed by atoms with Gasteiger partial charge in [0.1, 0.15) is 23.5 Å². The Morgan fingerprint density at radius 2 is 1.85 bits per heavy atom. The fraction of sp³-hybridized carbons (Fsp3) is 0.167. The van der Waals surface area contributed by atoms with Crippen LogP contribution in [0.25, 0.3) is 12.2 Å². The van der Waals surface area contributed by atoms with E-state index in [-0.39, 0.29) is 45.6 Å². The number of carbonyl (C=O) groups excluding carboxylic acids is 2. The second-order valence-electron chi connectivity index (χ2n) is 7.50. The first kappa shape index (κ1) is 23.1. The van der Waals surface area contributed by atoms with Crippen LogP contribution in [0.1, 0.15) is 17.5 Å². The molecule has 0 spiro atoms. The van der Waals surface area contributed by atoms with Gasteiger partial charge in [-0.15, -0.1) is 11.3 Å². The number of esters is 1. The van der Waals surface area contributed by atoms with Gasteiger partial charge in [-0.05, 0) is 23.8 Å². The molecule has 34 heavy (non-hydrogen) atoms. The minimum Gasteiger partial charge on any atom is -0.481 e. The summed E-state index contributed by atoms with van der Waals surface area (Å²) in [6.45, 7) is 3.26. The van der Waals surface area contributed by atoms with Crippen molar-refractivity contribution in [2.75, 3.05) is 11.4 Å². The van der Waals surface area contributed by atoms with Gasteiger partial charge in [0.05, 0.1) is 22.3 Å². The molecule has 0 saturated heterocycles. The molecule has 1 aliphatic rings. The minimum absolute atomic E-state index is 0.00684. The zero-order valence-electron chi connectivity index (χ0n) is 17.8. The lowest BCUT2D eigenvalue weighted by Crippen LogP contribution is -2.37. The molecule has 2 aromatic carbocycles. The van der Waals surface area contributed by atoms with Crippen LogP contribution in [0.4, 0.5) is 10.1 Å². The van der Waals surface area contributed by atoms with E-state index in [2.05, 4.69) is 6.58 Å². The predicted molar refractivity (Wildman–Crippen MR) is 123 cm³/mol. The van der Waals surface area contributed by atoms with E-state index < -0.39 is 35.8 Å². The number of thiazole rings is 1. The SMILES string of the molecule is C=c1s/c(=C2\C(=O)N(CC(=O)OCc3ccccc3)c3ccc(F)cc32)c(=O)n1CCC(=O)O. The number of carboxylic acid groups (broad SMARTS) is 1. The van der Waals surface area contributed by atoms with Crippen molar-refractivity contribution in [3.63, 3.8) is 0 Å². The molecule has 1 N–H and O–H groups in total. The summed E-state index contributed by atoms with van der Waals surface area (Å²) in [7, 11) is 0. The molecule has 0 atom stereocenters. The largest absolute Gasteiger partial charge is 0.481 e. The molecule has 1 aliphatic heterocycles. The fourth-order valence-corrected chi connectivity index (χ4v) is 4.65. The molecule has 0 radical (unpaired) electrons. The minimum atomic E-state index is -1.09. The monoisotopic (exact) mass is 482 g/mol. The molecule has 1 amide bonds. The van der Waals surface area contributed by atoms with E-state index in [0.29, 0.717) is 0 Å². The third-order valence-electron chi connectivity index (χ3n) is 5.24. The summed E-state index contributed by atoms with van der Waals surface area (Å²) < 4.78 is 20.8. The average Bonchev–Trinajstić information content (AvgIpc) is 3.23. The molecule has 0 saturated carbocycles. The Labute approximate surface area is 196 Å². The number of benzene rings is 2. The number of carbonyl (C=O) groups is 3. The van der Waals surface area contributed by atoms with Gasteiger partial charge in [0.15, 0.2) is 0 Å². The van der Waals surface area contributed by atoms with Gasteiger partial charge < -0.3 is 9.84 Å². The maximum absolute atomic E-state index is 14.1. The Kier molecular flexibility index (Phi) is 6.42. The summed E-state index contributed by atoms with van der Waals surface area (Å²) in [4.78, 5) is 50.8. The van der Waals surface area contributed by atoms with Gasteiger partial charge in [-0.25, -0.2) is 4.39 Å². The van der Waals surface area contributed by atoms with Crippen molar-refractivity contribution in [1.29, 1.82) is 0 Å². The summed E-state index contributed by atoms with van der Waals surface area (Å²) >= 11 is 0.915. The summed E-state index contributed by atoms with van der Waals surface area (Å²) in [5.74, 6) is -3.02. The molecule has 4 rings (SSSR count). The smallest absolute Gasteiger partial charge is 0.326 e. The quantitative estimate of drug-likeness (QED) is 0.508. The number of rotatable bonds is 7. The highest BCUT2D eigenvalue weighted by molar-refractivity contribution is 7.07. The van der Waals surface area contributed by atoms with Crippen LogP contribution in [0.5, 0.6) is 0 Å². The van der Waals surface area contributed by atoms with Gasteiger partial charge in [-0.3, -0.25) is 28.6 Å². The number of ether oxygens (including phenoxy) is 1. The third kappa shape index (κ3) is 4.53. The number of amides is 1. The second-order valence-corrected chi connectivity index (χ2v) is 8.58. The van der Waals surface area contributed by atoms with Crippen molar-refractivity contribution in [2.45, 2.75) is 19.6 Å². The summed E-state index contributed by atoms with van der Waals surface area (Å²) in [6, 6.07) is 12.7. The van der Waals surface area contributed by atoms with Crippen molar-refractivity contribution in [3.8, 4) is 0 Å². The zero-order valence-corrected chi connectivity index (χ0v) is 18.6. The van der Waals surface area contributed by atoms with E-state index in [0.717, 1.165) is 33.9 Å². The fourth-order valence-electron chi connectivity index (χ4n) is 3.64. The van der Waals surface area contributed by atoms with Crippen LogP contribution < -0.4 is 19.7 Å². The Hall–Kier alpha value is -4.05. The number of hydrogen-bond donors (Lipinski definition) is 1. The number of fused-ring (bicyclic) bond motifs is 1. The molecular formula is C24H19FN2O6S. The van der Waals surface area contributed by atoms with E-state index in [1.807, 2.05) is 6.07 Å². The van der Waals surface area contributed by atoms with Gasteiger partial charge in [0.2, 0.25) is 0 Å². The van der Waals surface area contributed by atoms with Crippen LogP contribution in [-0.2, 0) is 32.3 Å². The molecule has 0 fully saturated rings. The molecule has 1 aromatic heterocycles. The molecule has 10 heteroatoms. The highest BCUT2D eigenvalue weighted by Crippen LogP contribution is 2.35. The molecule has 174 valence electrons. The topological polar surface area (TPSA) is 106 Å². The van der Waals surface area contributed by atoms with Crippen LogP contribution in [0, 0.1) is 5.82 Å². The Bertz CT molecular complexity index is 1460. The van der Waals surface area contributed by atoms with Gasteiger partial charge in [0, 0.05) is 12.1 Å². The molecular weight excluding hydrogens is 463 g/mol. The number of nitrogens with zero attached hydrogens (tertiary/aromatic N) is 2. The summed E-state index contributed by atoms with van der Waals surface area (Å²) in [5, 5.41) is 8.93. The number of anilines is 1. The average molecular weight is 482 g/mol. The van der Waals surface area contributed by atoms with E-state index >= 15 is 0 Å². The molecule has 2 heterocycles. The van der Waals surface area contributed by atoms with E-state index in [1.165, 1.54) is 10.6 Å². The summed E-state index contributed by atoms with van der Waals surface area (Å²) in [6.07, 6.45) is -0.299. The molecule has 0 unspecified atom stereocenters. The van der Waals surface area contributed by atoms with Crippen LogP contribution in [0.2, 0.25) is 0 Å². The van der Waals surface area contributed by atoms with E-state index in [9.17, 15) is 23.6 Å². The highest BCUT2D eigenvalue weighted by atomic mass is 32.1. The number of carboxylic acids is 1. The Morgan fingerprint density at radius 1 is 1.12 bits per heavy atom. The predicted octanol–water partition coefficient (Wildman–Crippen LogP) is 1.22. The number of aromatic nitrogens is 1. The molecule has 8 nitrogen and oxygen atoms in total. The number of aliphatic carboxylic acids is 1. The maximum Gasteiger partial charge on any atom is 0.326 e. The molecule has 3 aromatic rings. The van der Waals surface area contributed by atoms with E-state index in [4.69, 9.17) is 9.84 Å². The lowest BCUT2D eigenvalue weighted by Gasteiger charge is -2.16. The van der Waals surface area contributed by atoms with Crippen LogP contribution in [0.3, 0.4) is 0 Å². The van der Waals surface area contributed by atoms with Gasteiger partial charge in [0.25, 0.3) is 11.5 Å². The van der Waals surface area contributed by atoms with Crippen LogP contribution in [-0.4, -0.2) is 34.1 Å². The standard InChI is InChI=1S/C24H19FN2O6S/c1-14-26(10-9-19(28)29)24(32)22(34-14)21-17-11-16(25)7-8-18(17)27(23(21)31)12-20(30)33-13-15-5-3-2-4-6-15/h2-8,11H,1,9-10,12-13H2,(H,28,29)/b22-21-. The molecule has 0 bridgehead atoms. The van der Waals surface area contributed by atoms with E-state index in [1.54, 1.807) is 24.3 Å². The first-order valence-electron chi connectivity index (χ1n) is 10.2. The molecule has 0 aliphatic carbocycles. The van der Waals surface area contributed by atoms with Crippen LogP contribution in [0.15, 0.2) is 53.3 Å². The van der Waals surface area contributed by atoms with Gasteiger partial charge in [-0.2, -0.15) is 0 Å². The normalized spacial score (nSPS) is 14.3. The maximum atomic E-state index is 14.1. The van der Waals surface area contributed by atoms with Crippen LogP contribution >= 0.6 is 11.3 Å². The lowest BCUT2D eigenvalue weighted by atomic mass is 10.1. The van der Waals surface area contributed by atoms with Crippen molar-refractivity contribution >= 4 is 47.0 Å². The van der Waals surface area contributed by atoms with Crippen molar-refractivity contribution in [2.24, 2.45) is 0 Å². The number of halogens is 1. The second kappa shape index (κ2) is 9.44. The lowest BCUT2D eigenvalue weighted by molar-refractivity contribution is -0.144. The zero-order chi connectivity index (χ0) is 24.4. The highest BCUT2D eigenvalue weighted by Gasteiger charge is 2.36.